The zero-order valence-electron chi connectivity index (χ0n) is 9.90. The highest BCUT2D eigenvalue weighted by Gasteiger charge is 2.35. The Morgan fingerprint density at radius 3 is 3.00 bits per heavy atom. The zero-order chi connectivity index (χ0) is 13.6. The van der Waals surface area contributed by atoms with Crippen molar-refractivity contribution in [1.82, 2.24) is 14.5 Å². The average molecular weight is 376 g/mol. The van der Waals surface area contributed by atoms with Gasteiger partial charge in [0.1, 0.15) is 30.1 Å². The molecule has 0 aromatic carbocycles. The van der Waals surface area contributed by atoms with Crippen molar-refractivity contribution in [2.24, 2.45) is 0 Å². The molecule has 102 valence electrons. The number of rotatable bonds is 2. The number of nitrogen functional groups attached to an aromatic ring is 1. The van der Waals surface area contributed by atoms with Gasteiger partial charge in [0.25, 0.3) is 0 Å². The summed E-state index contributed by atoms with van der Waals surface area (Å²) in [5, 5.41) is 19.7. The van der Waals surface area contributed by atoms with Crippen LogP contribution in [0.25, 0.3) is 11.0 Å². The van der Waals surface area contributed by atoms with Gasteiger partial charge in [0.15, 0.2) is 0 Å². The molecule has 8 heteroatoms. The van der Waals surface area contributed by atoms with Gasteiger partial charge in [0, 0.05) is 16.2 Å². The summed E-state index contributed by atoms with van der Waals surface area (Å²) in [5.41, 5.74) is 6.52. The topological polar surface area (TPSA) is 106 Å². The molecular weight excluding hydrogens is 363 g/mol. The summed E-state index contributed by atoms with van der Waals surface area (Å²) in [5.74, 6) is 0.422. The van der Waals surface area contributed by atoms with E-state index < -0.39 is 12.2 Å². The van der Waals surface area contributed by atoms with E-state index in [1.807, 2.05) is 10.8 Å². The lowest BCUT2D eigenvalue weighted by atomic mass is 10.2. The van der Waals surface area contributed by atoms with E-state index in [1.54, 1.807) is 0 Å². The van der Waals surface area contributed by atoms with Crippen molar-refractivity contribution in [3.8, 4) is 0 Å². The number of hydrogen-bond donors (Lipinski definition) is 3. The molecule has 1 saturated heterocycles. The van der Waals surface area contributed by atoms with E-state index in [9.17, 15) is 5.11 Å². The molecule has 2 unspecified atom stereocenters. The molecule has 0 radical (unpaired) electrons. The Morgan fingerprint density at radius 1 is 1.53 bits per heavy atom. The fourth-order valence-electron chi connectivity index (χ4n) is 2.33. The normalized spacial score (nSPS) is 27.2. The van der Waals surface area contributed by atoms with Crippen LogP contribution in [0, 0.1) is 3.57 Å². The molecule has 1 aliphatic heterocycles. The maximum Gasteiger partial charge on any atom is 0.148 e. The third kappa shape index (κ3) is 2.08. The van der Waals surface area contributed by atoms with Crippen LogP contribution >= 0.6 is 22.6 Å². The minimum Gasteiger partial charge on any atom is -0.394 e. The summed E-state index contributed by atoms with van der Waals surface area (Å²) in [7, 11) is 0. The molecule has 3 heterocycles. The fourth-order valence-corrected chi connectivity index (χ4v) is 3.15. The largest absolute Gasteiger partial charge is 0.394 e. The zero-order valence-corrected chi connectivity index (χ0v) is 12.1. The highest BCUT2D eigenvalue weighted by atomic mass is 127. The van der Waals surface area contributed by atoms with E-state index in [-0.39, 0.29) is 12.8 Å². The number of aromatic nitrogens is 3. The fraction of sp³-hybridized carbons (Fsp3) is 0.455. The first-order valence-corrected chi connectivity index (χ1v) is 6.90. The van der Waals surface area contributed by atoms with Gasteiger partial charge in [-0.2, -0.15) is 0 Å². The number of aliphatic hydroxyl groups excluding tert-OH is 2. The summed E-state index contributed by atoms with van der Waals surface area (Å²) in [6, 6.07) is 0. The van der Waals surface area contributed by atoms with Gasteiger partial charge in [0.2, 0.25) is 0 Å². The number of hydrogen-bond acceptors (Lipinski definition) is 6. The molecule has 0 bridgehead atoms. The van der Waals surface area contributed by atoms with Gasteiger partial charge in [0.05, 0.1) is 18.1 Å². The number of aliphatic hydroxyl groups is 2. The Labute approximate surface area is 122 Å². The van der Waals surface area contributed by atoms with Gasteiger partial charge in [-0.05, 0) is 22.6 Å². The van der Waals surface area contributed by atoms with Crippen LogP contribution < -0.4 is 5.73 Å². The van der Waals surface area contributed by atoms with Crippen LogP contribution in [0.3, 0.4) is 0 Å². The number of anilines is 1. The van der Waals surface area contributed by atoms with Crippen LogP contribution in [0.15, 0.2) is 12.5 Å². The summed E-state index contributed by atoms with van der Waals surface area (Å²) in [4.78, 5) is 8.20. The second-order valence-electron chi connectivity index (χ2n) is 4.46. The van der Waals surface area contributed by atoms with E-state index in [0.29, 0.717) is 17.9 Å². The average Bonchev–Trinajstić information content (AvgIpc) is 2.91. The predicted molar refractivity (Wildman–Crippen MR) is 76.3 cm³/mol. The van der Waals surface area contributed by atoms with Crippen molar-refractivity contribution in [3.63, 3.8) is 0 Å². The Balaban J connectivity index is 2.05. The van der Waals surface area contributed by atoms with E-state index >= 15 is 0 Å². The Kier molecular flexibility index (Phi) is 3.33. The lowest BCUT2D eigenvalue weighted by Gasteiger charge is -2.14. The van der Waals surface area contributed by atoms with Crippen LogP contribution in [0.4, 0.5) is 5.82 Å². The smallest absolute Gasteiger partial charge is 0.148 e. The third-order valence-electron chi connectivity index (χ3n) is 3.29. The molecule has 7 nitrogen and oxygen atoms in total. The molecule has 2 aromatic heterocycles. The standard InChI is InChI=1S/C11H13IN4O3/c12-5-2-16(8-1-6(18)7(3-17)19-8)11-9(5)10(13)14-4-15-11/h2,4,6-8,17-18H,1,3H2,(H2,13,14,15)/t6?,7-,8?/m1/s1. The summed E-state index contributed by atoms with van der Waals surface area (Å²) in [6.07, 6.45) is 2.10. The number of fused-ring (bicyclic) bond motifs is 1. The summed E-state index contributed by atoms with van der Waals surface area (Å²) < 4.78 is 8.38. The van der Waals surface area contributed by atoms with Crippen LogP contribution in [0.5, 0.6) is 0 Å². The van der Waals surface area contributed by atoms with E-state index in [0.717, 1.165) is 8.96 Å². The highest BCUT2D eigenvalue weighted by molar-refractivity contribution is 14.1. The number of nitrogens with two attached hydrogens (primary N) is 1. The maximum absolute atomic E-state index is 9.80. The molecule has 3 rings (SSSR count). The van der Waals surface area contributed by atoms with Crippen molar-refractivity contribution in [2.45, 2.75) is 24.9 Å². The van der Waals surface area contributed by atoms with E-state index in [1.165, 1.54) is 6.33 Å². The minimum atomic E-state index is -0.677. The first-order chi connectivity index (χ1) is 9.11. The van der Waals surface area contributed by atoms with Gasteiger partial charge in [-0.25, -0.2) is 9.97 Å². The Bertz CT molecular complexity index is 617. The molecule has 0 amide bonds. The van der Waals surface area contributed by atoms with Crippen LogP contribution in [-0.2, 0) is 4.74 Å². The monoisotopic (exact) mass is 376 g/mol. The van der Waals surface area contributed by atoms with E-state index in [2.05, 4.69) is 32.6 Å². The van der Waals surface area contributed by atoms with Crippen LogP contribution in [-0.4, -0.2) is 43.6 Å². The maximum atomic E-state index is 9.80. The molecular formula is C11H13IN4O3. The summed E-state index contributed by atoms with van der Waals surface area (Å²) in [6.45, 7) is -0.203. The first-order valence-electron chi connectivity index (χ1n) is 5.82. The molecule has 3 atom stereocenters. The molecule has 4 N–H and O–H groups in total. The second-order valence-corrected chi connectivity index (χ2v) is 5.62. The van der Waals surface area contributed by atoms with Gasteiger partial charge in [-0.3, -0.25) is 0 Å². The predicted octanol–water partition coefficient (Wildman–Crippen LogP) is 0.259. The molecule has 1 aliphatic rings. The SMILES string of the molecule is Nc1ncnc2c1c(I)cn2C1CC(O)[C@@H](CO)O1. The van der Waals surface area contributed by atoms with Gasteiger partial charge in [-0.1, -0.05) is 0 Å². The molecule has 19 heavy (non-hydrogen) atoms. The number of ether oxygens (including phenoxy) is 1. The molecule has 0 saturated carbocycles. The van der Waals surface area contributed by atoms with Crippen molar-refractivity contribution in [3.05, 3.63) is 16.1 Å². The molecule has 0 aliphatic carbocycles. The van der Waals surface area contributed by atoms with Crippen LogP contribution in [0.2, 0.25) is 0 Å². The lowest BCUT2D eigenvalue weighted by Crippen LogP contribution is -2.24. The quantitative estimate of drug-likeness (QED) is 0.650. The van der Waals surface area contributed by atoms with Crippen LogP contribution in [0.1, 0.15) is 12.6 Å². The van der Waals surface area contributed by atoms with Gasteiger partial charge >= 0.3 is 0 Å². The second kappa shape index (κ2) is 4.85. The van der Waals surface area contributed by atoms with Gasteiger partial charge < -0.3 is 25.3 Å². The first kappa shape index (κ1) is 13.0. The third-order valence-corrected chi connectivity index (χ3v) is 4.10. The molecule has 0 spiro atoms. The van der Waals surface area contributed by atoms with Crippen molar-refractivity contribution in [1.29, 1.82) is 0 Å². The van der Waals surface area contributed by atoms with Crippen molar-refractivity contribution >= 4 is 39.4 Å². The van der Waals surface area contributed by atoms with Crippen molar-refractivity contribution in [2.75, 3.05) is 12.3 Å². The highest BCUT2D eigenvalue weighted by Crippen LogP contribution is 2.34. The Morgan fingerprint density at radius 2 is 2.32 bits per heavy atom. The molecule has 1 fully saturated rings. The molecule has 2 aromatic rings. The number of halogens is 1. The Hall–Kier alpha value is -0.970. The minimum absolute atomic E-state index is 0.203. The van der Waals surface area contributed by atoms with Gasteiger partial charge in [-0.15, -0.1) is 0 Å². The number of nitrogens with zero attached hydrogens (tertiary/aromatic N) is 3. The lowest BCUT2D eigenvalue weighted by molar-refractivity contribution is -0.0430. The van der Waals surface area contributed by atoms with E-state index in [4.69, 9.17) is 15.6 Å². The van der Waals surface area contributed by atoms with Crippen molar-refractivity contribution < 1.29 is 14.9 Å². The summed E-state index contributed by atoms with van der Waals surface area (Å²) >= 11 is 2.16.